The van der Waals surface area contributed by atoms with E-state index in [1.54, 1.807) is 7.11 Å². The van der Waals surface area contributed by atoms with Crippen molar-refractivity contribution in [1.29, 1.82) is 0 Å². The van der Waals surface area contributed by atoms with Gasteiger partial charge < -0.3 is 15.6 Å². The van der Waals surface area contributed by atoms with Gasteiger partial charge in [-0.1, -0.05) is 0 Å². The first kappa shape index (κ1) is 11.3. The minimum Gasteiger partial charge on any atom is -0.507 e. The lowest BCUT2D eigenvalue weighted by Gasteiger charge is -2.17. The van der Waals surface area contributed by atoms with E-state index in [4.69, 9.17) is 10.5 Å². The highest BCUT2D eigenvalue weighted by Gasteiger charge is 2.39. The maximum absolute atomic E-state index is 10.1. The normalized spacial score (nSPS) is 17.2. The number of ether oxygens (including phenoxy) is 1. The Morgan fingerprint density at radius 1 is 1.44 bits per heavy atom. The summed E-state index contributed by atoms with van der Waals surface area (Å²) in [6, 6.07) is 1.97. The van der Waals surface area contributed by atoms with E-state index in [0.717, 1.165) is 41.7 Å². The zero-order valence-corrected chi connectivity index (χ0v) is 10.1. The summed E-state index contributed by atoms with van der Waals surface area (Å²) in [5, 5.41) is 10.1. The minimum atomic E-state index is -0.0801. The van der Waals surface area contributed by atoms with Crippen molar-refractivity contribution < 1.29 is 9.84 Å². The molecule has 2 rings (SSSR count). The van der Waals surface area contributed by atoms with Crippen LogP contribution in [-0.2, 0) is 6.42 Å². The fourth-order valence-corrected chi connectivity index (χ4v) is 2.05. The van der Waals surface area contributed by atoms with E-state index < -0.39 is 0 Å². The van der Waals surface area contributed by atoms with Crippen molar-refractivity contribution in [3.8, 4) is 11.5 Å². The van der Waals surface area contributed by atoms with Crippen LogP contribution in [0.3, 0.4) is 0 Å². The summed E-state index contributed by atoms with van der Waals surface area (Å²) in [5.41, 5.74) is 8.84. The van der Waals surface area contributed by atoms with Crippen molar-refractivity contribution in [1.82, 2.24) is 0 Å². The summed E-state index contributed by atoms with van der Waals surface area (Å²) in [7, 11) is 1.62. The Bertz CT molecular complexity index is 422. The lowest BCUT2D eigenvalue weighted by atomic mass is 9.96. The van der Waals surface area contributed by atoms with E-state index in [0.29, 0.717) is 5.75 Å². The van der Waals surface area contributed by atoms with Crippen LogP contribution in [0, 0.1) is 13.8 Å². The molecule has 88 valence electrons. The second kappa shape index (κ2) is 3.67. The molecule has 0 amide bonds. The molecule has 1 saturated carbocycles. The van der Waals surface area contributed by atoms with Gasteiger partial charge in [0.05, 0.1) is 7.11 Å². The molecule has 0 aromatic heterocycles. The van der Waals surface area contributed by atoms with Gasteiger partial charge in [0.15, 0.2) is 0 Å². The first-order valence-corrected chi connectivity index (χ1v) is 5.62. The standard InChI is InChI=1S/C13H19NO2/c1-8-6-11(16-3)9(2)12(15)10(8)7-13(14)4-5-13/h6,15H,4-5,7,14H2,1-3H3. The smallest absolute Gasteiger partial charge is 0.125 e. The average molecular weight is 221 g/mol. The molecule has 0 radical (unpaired) electrons. The number of hydrogen-bond acceptors (Lipinski definition) is 3. The molecule has 0 aliphatic heterocycles. The number of methoxy groups -OCH3 is 1. The monoisotopic (exact) mass is 221 g/mol. The fraction of sp³-hybridized carbons (Fsp3) is 0.538. The molecule has 1 fully saturated rings. The molecule has 1 aliphatic carbocycles. The van der Waals surface area contributed by atoms with Gasteiger partial charge in [-0.2, -0.15) is 0 Å². The Labute approximate surface area is 96.2 Å². The lowest BCUT2D eigenvalue weighted by molar-refractivity contribution is 0.400. The average Bonchev–Trinajstić information content (AvgIpc) is 2.97. The summed E-state index contributed by atoms with van der Waals surface area (Å²) in [4.78, 5) is 0. The molecule has 1 aromatic rings. The van der Waals surface area contributed by atoms with Gasteiger partial charge in [0.2, 0.25) is 0 Å². The Hall–Kier alpha value is -1.22. The second-order valence-corrected chi connectivity index (χ2v) is 4.89. The van der Waals surface area contributed by atoms with Crippen LogP contribution >= 0.6 is 0 Å². The molecule has 0 bridgehead atoms. The molecule has 1 aromatic carbocycles. The molecule has 0 unspecified atom stereocenters. The highest BCUT2D eigenvalue weighted by molar-refractivity contribution is 5.53. The summed E-state index contributed by atoms with van der Waals surface area (Å²) >= 11 is 0. The molecule has 16 heavy (non-hydrogen) atoms. The van der Waals surface area contributed by atoms with Gasteiger partial charge in [0.25, 0.3) is 0 Å². The predicted molar refractivity (Wildman–Crippen MR) is 64.0 cm³/mol. The van der Waals surface area contributed by atoms with E-state index in [1.807, 2.05) is 19.9 Å². The molecule has 0 saturated heterocycles. The number of aryl methyl sites for hydroxylation is 1. The third-order valence-electron chi connectivity index (χ3n) is 3.48. The van der Waals surface area contributed by atoms with Crippen molar-refractivity contribution in [3.63, 3.8) is 0 Å². The number of nitrogens with two attached hydrogens (primary N) is 1. The highest BCUT2D eigenvalue weighted by atomic mass is 16.5. The number of rotatable bonds is 3. The quantitative estimate of drug-likeness (QED) is 0.821. The van der Waals surface area contributed by atoms with Crippen LogP contribution < -0.4 is 10.5 Å². The Kier molecular flexibility index (Phi) is 2.58. The van der Waals surface area contributed by atoms with Gasteiger partial charge in [-0.15, -0.1) is 0 Å². The number of phenols is 1. The fourth-order valence-electron chi connectivity index (χ4n) is 2.05. The number of aromatic hydroxyl groups is 1. The molecule has 3 nitrogen and oxygen atoms in total. The van der Waals surface area contributed by atoms with E-state index in [2.05, 4.69) is 0 Å². The van der Waals surface area contributed by atoms with Gasteiger partial charge in [0, 0.05) is 11.1 Å². The number of phenolic OH excluding ortho intramolecular Hbond substituents is 1. The van der Waals surface area contributed by atoms with Crippen molar-refractivity contribution >= 4 is 0 Å². The molecular formula is C13H19NO2. The molecule has 3 heteroatoms. The van der Waals surface area contributed by atoms with Crippen LogP contribution in [0.5, 0.6) is 11.5 Å². The Morgan fingerprint density at radius 3 is 2.56 bits per heavy atom. The van der Waals surface area contributed by atoms with Crippen molar-refractivity contribution in [2.75, 3.05) is 7.11 Å². The maximum Gasteiger partial charge on any atom is 0.125 e. The van der Waals surface area contributed by atoms with E-state index >= 15 is 0 Å². The van der Waals surface area contributed by atoms with Crippen molar-refractivity contribution in [2.45, 2.75) is 38.6 Å². The zero-order valence-electron chi connectivity index (χ0n) is 10.1. The highest BCUT2D eigenvalue weighted by Crippen LogP contribution is 2.41. The zero-order chi connectivity index (χ0) is 11.9. The van der Waals surface area contributed by atoms with Crippen LogP contribution in [0.25, 0.3) is 0 Å². The number of benzene rings is 1. The predicted octanol–water partition coefficient (Wildman–Crippen LogP) is 2.05. The lowest BCUT2D eigenvalue weighted by Crippen LogP contribution is -2.25. The van der Waals surface area contributed by atoms with Gasteiger partial charge >= 0.3 is 0 Å². The van der Waals surface area contributed by atoms with E-state index in [-0.39, 0.29) is 5.54 Å². The topological polar surface area (TPSA) is 55.5 Å². The van der Waals surface area contributed by atoms with Crippen molar-refractivity contribution in [3.05, 3.63) is 22.8 Å². The van der Waals surface area contributed by atoms with Gasteiger partial charge in [-0.3, -0.25) is 0 Å². The van der Waals surface area contributed by atoms with Gasteiger partial charge in [0.1, 0.15) is 11.5 Å². The van der Waals surface area contributed by atoms with E-state index in [9.17, 15) is 5.11 Å². The summed E-state index contributed by atoms with van der Waals surface area (Å²) in [6.45, 7) is 3.86. The summed E-state index contributed by atoms with van der Waals surface area (Å²) in [5.74, 6) is 1.08. The Balaban J connectivity index is 2.41. The van der Waals surface area contributed by atoms with Crippen molar-refractivity contribution in [2.24, 2.45) is 5.73 Å². The van der Waals surface area contributed by atoms with Gasteiger partial charge in [-0.05, 0) is 50.3 Å². The third-order valence-corrected chi connectivity index (χ3v) is 3.48. The van der Waals surface area contributed by atoms with Crippen LogP contribution in [-0.4, -0.2) is 17.8 Å². The minimum absolute atomic E-state index is 0.0801. The van der Waals surface area contributed by atoms with Crippen LogP contribution in [0.15, 0.2) is 6.07 Å². The SMILES string of the molecule is COc1cc(C)c(CC2(N)CC2)c(O)c1C. The molecular weight excluding hydrogens is 202 g/mol. The summed E-state index contributed by atoms with van der Waals surface area (Å²) in [6.07, 6.45) is 2.86. The molecule has 0 heterocycles. The largest absolute Gasteiger partial charge is 0.507 e. The van der Waals surface area contributed by atoms with Crippen LogP contribution in [0.4, 0.5) is 0 Å². The van der Waals surface area contributed by atoms with Crippen LogP contribution in [0.2, 0.25) is 0 Å². The first-order valence-electron chi connectivity index (χ1n) is 5.62. The van der Waals surface area contributed by atoms with Gasteiger partial charge in [-0.25, -0.2) is 0 Å². The number of hydrogen-bond donors (Lipinski definition) is 2. The third kappa shape index (κ3) is 1.87. The van der Waals surface area contributed by atoms with Crippen LogP contribution in [0.1, 0.15) is 29.5 Å². The molecule has 1 aliphatic rings. The Morgan fingerprint density at radius 2 is 2.06 bits per heavy atom. The van der Waals surface area contributed by atoms with E-state index in [1.165, 1.54) is 0 Å². The first-order chi connectivity index (χ1) is 7.47. The molecule has 0 atom stereocenters. The second-order valence-electron chi connectivity index (χ2n) is 4.89. The maximum atomic E-state index is 10.1. The molecule has 3 N–H and O–H groups in total. The summed E-state index contributed by atoms with van der Waals surface area (Å²) < 4.78 is 5.22. The molecule has 0 spiro atoms.